The van der Waals surface area contributed by atoms with E-state index in [2.05, 4.69) is 0 Å². The Morgan fingerprint density at radius 3 is 2.61 bits per heavy atom. The van der Waals surface area contributed by atoms with E-state index in [4.69, 9.17) is 32.2 Å². The van der Waals surface area contributed by atoms with Crippen molar-refractivity contribution in [2.75, 3.05) is 20.3 Å². The van der Waals surface area contributed by atoms with Crippen LogP contribution in [0.3, 0.4) is 0 Å². The molecule has 0 spiro atoms. The van der Waals surface area contributed by atoms with E-state index in [-0.39, 0.29) is 6.10 Å². The fourth-order valence-electron chi connectivity index (χ4n) is 1.39. The Bertz CT molecular complexity index is 407. The zero-order chi connectivity index (χ0) is 13.5. The van der Waals surface area contributed by atoms with E-state index in [1.54, 1.807) is 25.3 Å². The molecule has 1 rings (SSSR count). The van der Waals surface area contributed by atoms with Gasteiger partial charge in [0.05, 0.1) is 25.4 Å². The van der Waals surface area contributed by atoms with E-state index in [9.17, 15) is 0 Å². The van der Waals surface area contributed by atoms with Crippen molar-refractivity contribution < 1.29 is 14.2 Å². The van der Waals surface area contributed by atoms with Crippen molar-refractivity contribution in [1.29, 1.82) is 0 Å². The average molecular weight is 269 g/mol. The molecule has 2 N–H and O–H groups in total. The molecule has 0 fully saturated rings. The van der Waals surface area contributed by atoms with E-state index in [0.717, 1.165) is 0 Å². The molecular formula is C13H19NO3S. The lowest BCUT2D eigenvalue weighted by Crippen LogP contribution is -2.15. The quantitative estimate of drug-likeness (QED) is 0.607. The minimum Gasteiger partial charge on any atom is -0.497 e. The van der Waals surface area contributed by atoms with Gasteiger partial charge in [0.1, 0.15) is 23.1 Å². The zero-order valence-corrected chi connectivity index (χ0v) is 11.8. The lowest BCUT2D eigenvalue weighted by molar-refractivity contribution is 0.0552. The van der Waals surface area contributed by atoms with Crippen LogP contribution in [0.15, 0.2) is 18.2 Å². The van der Waals surface area contributed by atoms with Crippen LogP contribution in [0.1, 0.15) is 19.4 Å². The minimum absolute atomic E-state index is 0.189. The molecule has 0 bridgehead atoms. The first kappa shape index (κ1) is 14.7. The highest BCUT2D eigenvalue weighted by Crippen LogP contribution is 2.24. The molecule has 0 heterocycles. The van der Waals surface area contributed by atoms with Gasteiger partial charge in [-0.3, -0.25) is 0 Å². The Morgan fingerprint density at radius 2 is 2.06 bits per heavy atom. The number of hydrogen-bond donors (Lipinski definition) is 1. The molecule has 5 heteroatoms. The highest BCUT2D eigenvalue weighted by molar-refractivity contribution is 7.80. The molecule has 1 aromatic rings. The highest BCUT2D eigenvalue weighted by atomic mass is 32.1. The first-order chi connectivity index (χ1) is 8.54. The van der Waals surface area contributed by atoms with Gasteiger partial charge in [-0.05, 0) is 26.0 Å². The molecular weight excluding hydrogens is 250 g/mol. The number of nitrogens with two attached hydrogens (primary N) is 1. The van der Waals surface area contributed by atoms with Crippen LogP contribution >= 0.6 is 12.2 Å². The summed E-state index contributed by atoms with van der Waals surface area (Å²) < 4.78 is 16.2. The fourth-order valence-corrected chi connectivity index (χ4v) is 1.56. The van der Waals surface area contributed by atoms with Gasteiger partial charge in [0.15, 0.2) is 0 Å². The molecule has 0 saturated carbocycles. The summed E-state index contributed by atoms with van der Waals surface area (Å²) in [5.74, 6) is 1.32. The van der Waals surface area contributed by atoms with E-state index in [1.807, 2.05) is 13.8 Å². The first-order valence-electron chi connectivity index (χ1n) is 5.77. The Hall–Kier alpha value is -1.33. The topological polar surface area (TPSA) is 53.7 Å². The summed E-state index contributed by atoms with van der Waals surface area (Å²) in [6.45, 7) is 4.92. The Labute approximate surface area is 113 Å². The largest absolute Gasteiger partial charge is 0.497 e. The van der Waals surface area contributed by atoms with Crippen LogP contribution < -0.4 is 15.2 Å². The Kier molecular flexibility index (Phi) is 5.88. The van der Waals surface area contributed by atoms with E-state index in [1.165, 1.54) is 0 Å². The van der Waals surface area contributed by atoms with E-state index in [0.29, 0.717) is 35.3 Å². The van der Waals surface area contributed by atoms with Crippen molar-refractivity contribution in [1.82, 2.24) is 0 Å². The molecule has 0 aromatic heterocycles. The summed E-state index contributed by atoms with van der Waals surface area (Å²) in [5, 5.41) is 0. The molecule has 0 radical (unpaired) electrons. The molecule has 0 aliphatic carbocycles. The number of methoxy groups -OCH3 is 1. The smallest absolute Gasteiger partial charge is 0.133 e. The molecule has 0 saturated heterocycles. The van der Waals surface area contributed by atoms with Crippen LogP contribution in [0, 0.1) is 0 Å². The standard InChI is InChI=1S/C13H19NO3S/c1-9(2)16-6-7-17-12-8-10(15-3)4-5-11(12)13(14)18/h4-5,8-9H,6-7H2,1-3H3,(H2,14,18). The average Bonchev–Trinajstić information content (AvgIpc) is 2.33. The van der Waals surface area contributed by atoms with Crippen LogP contribution in [0.4, 0.5) is 0 Å². The van der Waals surface area contributed by atoms with Gasteiger partial charge in [0.2, 0.25) is 0 Å². The Balaban J connectivity index is 2.69. The molecule has 1 aromatic carbocycles. The highest BCUT2D eigenvalue weighted by Gasteiger charge is 2.08. The molecule has 4 nitrogen and oxygen atoms in total. The second kappa shape index (κ2) is 7.18. The number of benzene rings is 1. The van der Waals surface area contributed by atoms with Crippen molar-refractivity contribution in [2.24, 2.45) is 5.73 Å². The predicted molar refractivity (Wildman–Crippen MR) is 75.5 cm³/mol. The van der Waals surface area contributed by atoms with E-state index >= 15 is 0 Å². The fraction of sp³-hybridized carbons (Fsp3) is 0.462. The molecule has 18 heavy (non-hydrogen) atoms. The van der Waals surface area contributed by atoms with Crippen molar-refractivity contribution in [2.45, 2.75) is 20.0 Å². The molecule has 0 aliphatic rings. The van der Waals surface area contributed by atoms with Crippen molar-refractivity contribution in [3.05, 3.63) is 23.8 Å². The monoisotopic (exact) mass is 269 g/mol. The summed E-state index contributed by atoms with van der Waals surface area (Å²) in [5.41, 5.74) is 6.34. The van der Waals surface area contributed by atoms with Gasteiger partial charge in [-0.1, -0.05) is 12.2 Å². The maximum atomic E-state index is 5.64. The number of thiocarbonyl (C=S) groups is 1. The van der Waals surface area contributed by atoms with Crippen LogP contribution in [0.25, 0.3) is 0 Å². The third-order valence-electron chi connectivity index (χ3n) is 2.25. The van der Waals surface area contributed by atoms with Crippen LogP contribution in [-0.2, 0) is 4.74 Å². The summed E-state index contributed by atoms with van der Waals surface area (Å²) in [4.78, 5) is 0.303. The van der Waals surface area contributed by atoms with Crippen molar-refractivity contribution >= 4 is 17.2 Å². The molecule has 0 aliphatic heterocycles. The third-order valence-corrected chi connectivity index (χ3v) is 2.47. The summed E-state index contributed by atoms with van der Waals surface area (Å²) >= 11 is 4.98. The Morgan fingerprint density at radius 1 is 1.33 bits per heavy atom. The third kappa shape index (κ3) is 4.50. The first-order valence-corrected chi connectivity index (χ1v) is 6.17. The number of rotatable bonds is 7. The van der Waals surface area contributed by atoms with Crippen molar-refractivity contribution in [3.8, 4) is 11.5 Å². The van der Waals surface area contributed by atoms with Gasteiger partial charge in [-0.15, -0.1) is 0 Å². The second-order valence-electron chi connectivity index (χ2n) is 3.99. The van der Waals surface area contributed by atoms with Gasteiger partial charge in [-0.25, -0.2) is 0 Å². The van der Waals surface area contributed by atoms with Gasteiger partial charge in [0.25, 0.3) is 0 Å². The molecule has 0 atom stereocenters. The lowest BCUT2D eigenvalue weighted by atomic mass is 10.2. The zero-order valence-electron chi connectivity index (χ0n) is 10.9. The summed E-state index contributed by atoms with van der Waals surface area (Å²) in [7, 11) is 1.60. The summed E-state index contributed by atoms with van der Waals surface area (Å²) in [6.07, 6.45) is 0.189. The molecule has 0 unspecified atom stereocenters. The minimum atomic E-state index is 0.189. The number of hydrogen-bond acceptors (Lipinski definition) is 4. The maximum Gasteiger partial charge on any atom is 0.133 e. The summed E-state index contributed by atoms with van der Waals surface area (Å²) in [6, 6.07) is 5.36. The van der Waals surface area contributed by atoms with Gasteiger partial charge in [0, 0.05) is 6.07 Å². The van der Waals surface area contributed by atoms with Crippen LogP contribution in [0.5, 0.6) is 11.5 Å². The predicted octanol–water partition coefficient (Wildman–Crippen LogP) is 2.13. The second-order valence-corrected chi connectivity index (χ2v) is 4.43. The van der Waals surface area contributed by atoms with Crippen molar-refractivity contribution in [3.63, 3.8) is 0 Å². The number of ether oxygens (including phenoxy) is 3. The van der Waals surface area contributed by atoms with Crippen LogP contribution in [0.2, 0.25) is 0 Å². The van der Waals surface area contributed by atoms with Gasteiger partial charge < -0.3 is 19.9 Å². The lowest BCUT2D eigenvalue weighted by Gasteiger charge is -2.13. The molecule has 0 amide bonds. The van der Waals surface area contributed by atoms with E-state index < -0.39 is 0 Å². The van der Waals surface area contributed by atoms with Crippen LogP contribution in [-0.4, -0.2) is 31.4 Å². The molecule has 100 valence electrons. The maximum absolute atomic E-state index is 5.64. The normalized spacial score (nSPS) is 10.4. The van der Waals surface area contributed by atoms with Gasteiger partial charge >= 0.3 is 0 Å². The van der Waals surface area contributed by atoms with Gasteiger partial charge in [-0.2, -0.15) is 0 Å². The SMILES string of the molecule is COc1ccc(C(N)=S)c(OCCOC(C)C)c1.